The van der Waals surface area contributed by atoms with Gasteiger partial charge < -0.3 is 14.4 Å². The molecule has 0 spiro atoms. The van der Waals surface area contributed by atoms with E-state index in [1.807, 2.05) is 95.3 Å². The minimum atomic E-state index is -1.04. The predicted molar refractivity (Wildman–Crippen MR) is 125 cm³/mol. The van der Waals surface area contributed by atoms with Crippen LogP contribution in [0.25, 0.3) is 0 Å². The van der Waals surface area contributed by atoms with Gasteiger partial charge in [-0.2, -0.15) is 0 Å². The van der Waals surface area contributed by atoms with Gasteiger partial charge in [0, 0.05) is 5.54 Å². The van der Waals surface area contributed by atoms with Crippen LogP contribution in [0.3, 0.4) is 0 Å². The molecule has 1 aliphatic rings. The molecular formula is C27H33NO5. The zero-order chi connectivity index (χ0) is 24.2. The third-order valence-electron chi connectivity index (χ3n) is 5.93. The first-order valence-electron chi connectivity index (χ1n) is 11.4. The van der Waals surface area contributed by atoms with E-state index in [0.29, 0.717) is 0 Å². The van der Waals surface area contributed by atoms with Crippen LogP contribution in [-0.2, 0) is 37.1 Å². The number of nitrogens with zero attached hydrogens (tertiary/aromatic N) is 1. The summed E-state index contributed by atoms with van der Waals surface area (Å²) in [5, 5.41) is 0. The van der Waals surface area contributed by atoms with Crippen molar-refractivity contribution in [3.8, 4) is 0 Å². The van der Waals surface area contributed by atoms with E-state index in [4.69, 9.17) is 9.47 Å². The molecule has 0 bridgehead atoms. The molecule has 0 saturated carbocycles. The first-order chi connectivity index (χ1) is 15.6. The largest absolute Gasteiger partial charge is 0.461 e. The van der Waals surface area contributed by atoms with Crippen molar-refractivity contribution in [3.63, 3.8) is 0 Å². The van der Waals surface area contributed by atoms with Gasteiger partial charge in [-0.15, -0.1) is 0 Å². The number of carbonyl (C=O) groups excluding carboxylic acids is 3. The van der Waals surface area contributed by atoms with E-state index >= 15 is 0 Å². The Morgan fingerprint density at radius 1 is 0.848 bits per heavy atom. The molecule has 0 aliphatic carbocycles. The highest BCUT2D eigenvalue weighted by Crippen LogP contribution is 2.41. The van der Waals surface area contributed by atoms with Crippen LogP contribution in [-0.4, -0.2) is 34.3 Å². The highest BCUT2D eigenvalue weighted by Gasteiger charge is 2.59. The van der Waals surface area contributed by atoms with Gasteiger partial charge in [-0.1, -0.05) is 74.5 Å². The first-order valence-corrected chi connectivity index (χ1v) is 11.4. The van der Waals surface area contributed by atoms with Crippen molar-refractivity contribution in [3.05, 3.63) is 71.8 Å². The fourth-order valence-corrected chi connectivity index (χ4v) is 4.42. The number of amides is 1. The highest BCUT2D eigenvalue weighted by atomic mass is 16.5. The molecule has 6 nitrogen and oxygen atoms in total. The van der Waals surface area contributed by atoms with Crippen LogP contribution in [0.5, 0.6) is 0 Å². The first kappa shape index (κ1) is 24.5. The maximum atomic E-state index is 13.5. The fourth-order valence-electron chi connectivity index (χ4n) is 4.42. The molecule has 176 valence electrons. The maximum Gasteiger partial charge on any atom is 0.330 e. The van der Waals surface area contributed by atoms with Crippen molar-refractivity contribution >= 4 is 17.8 Å². The standard InChI is InChI=1S/C27H33NO5/c1-18(2)21-22(25(30)32-16-19-12-8-6-9-13-19)23(28(24(21)29)27(3,4)5)26(31)33-17-20-14-10-7-11-15-20/h6-15,18,21-23H,16-17H2,1-5H3. The Labute approximate surface area is 195 Å². The summed E-state index contributed by atoms with van der Waals surface area (Å²) in [5.41, 5.74) is 1.00. The van der Waals surface area contributed by atoms with Crippen LogP contribution in [0.1, 0.15) is 45.7 Å². The van der Waals surface area contributed by atoms with Crippen molar-refractivity contribution in [1.82, 2.24) is 4.90 Å². The normalized spacial score (nSPS) is 20.7. The van der Waals surface area contributed by atoms with E-state index < -0.39 is 35.4 Å². The number of hydrogen-bond donors (Lipinski definition) is 0. The fraction of sp³-hybridized carbons (Fsp3) is 0.444. The van der Waals surface area contributed by atoms with E-state index in [2.05, 4.69) is 0 Å². The highest BCUT2D eigenvalue weighted by molar-refractivity contribution is 5.98. The molecule has 2 aromatic rings. The summed E-state index contributed by atoms with van der Waals surface area (Å²) in [6, 6.07) is 17.6. The molecule has 3 rings (SSSR count). The Morgan fingerprint density at radius 2 is 1.30 bits per heavy atom. The molecule has 0 aromatic heterocycles. The van der Waals surface area contributed by atoms with Crippen LogP contribution in [0.15, 0.2) is 60.7 Å². The molecule has 0 radical (unpaired) electrons. The monoisotopic (exact) mass is 451 g/mol. The molecule has 1 heterocycles. The molecule has 3 unspecified atom stereocenters. The number of hydrogen-bond acceptors (Lipinski definition) is 5. The Hall–Kier alpha value is -3.15. The summed E-state index contributed by atoms with van der Waals surface area (Å²) in [6.45, 7) is 9.50. The summed E-state index contributed by atoms with van der Waals surface area (Å²) in [7, 11) is 0. The number of ether oxygens (including phenoxy) is 2. The molecule has 6 heteroatoms. The number of benzene rings is 2. The summed E-state index contributed by atoms with van der Waals surface area (Å²) in [4.78, 5) is 41.7. The Kier molecular flexibility index (Phi) is 7.57. The van der Waals surface area contributed by atoms with Gasteiger partial charge in [0.2, 0.25) is 5.91 Å². The van der Waals surface area contributed by atoms with Crippen molar-refractivity contribution in [2.45, 2.75) is 59.4 Å². The van der Waals surface area contributed by atoms with Gasteiger partial charge in [0.25, 0.3) is 0 Å². The number of esters is 2. The Bertz CT molecular complexity index is 965. The zero-order valence-electron chi connectivity index (χ0n) is 20.0. The van der Waals surface area contributed by atoms with E-state index in [9.17, 15) is 14.4 Å². The van der Waals surface area contributed by atoms with Crippen LogP contribution in [0.2, 0.25) is 0 Å². The summed E-state index contributed by atoms with van der Waals surface area (Å²) in [5.74, 6) is -3.12. The van der Waals surface area contributed by atoms with E-state index in [1.54, 1.807) is 0 Å². The second-order valence-corrected chi connectivity index (χ2v) is 9.81. The molecule has 1 amide bonds. The SMILES string of the molecule is CC(C)C1C(=O)N(C(C)(C)C)C(C(=O)OCc2ccccc2)C1C(=O)OCc1ccccc1. The molecule has 2 aromatic carbocycles. The average Bonchev–Trinajstić information content (AvgIpc) is 3.11. The van der Waals surface area contributed by atoms with E-state index in [-0.39, 0.29) is 25.0 Å². The quantitative estimate of drug-likeness (QED) is 0.585. The lowest BCUT2D eigenvalue weighted by Crippen LogP contribution is -2.53. The lowest BCUT2D eigenvalue weighted by molar-refractivity contribution is -0.163. The van der Waals surface area contributed by atoms with Gasteiger partial charge in [0.05, 0.1) is 11.8 Å². The minimum absolute atomic E-state index is 0.0699. The molecule has 1 aliphatic heterocycles. The predicted octanol–water partition coefficient (Wildman–Crippen LogP) is 4.37. The number of rotatable bonds is 7. The number of likely N-dealkylation sites (tertiary alicyclic amines) is 1. The summed E-state index contributed by atoms with van der Waals surface area (Å²) < 4.78 is 11.2. The zero-order valence-corrected chi connectivity index (χ0v) is 20.0. The molecule has 1 fully saturated rings. The Balaban J connectivity index is 1.89. The molecular weight excluding hydrogens is 418 g/mol. The molecule has 33 heavy (non-hydrogen) atoms. The maximum absolute atomic E-state index is 13.5. The van der Waals surface area contributed by atoms with Crippen molar-refractivity contribution in [2.24, 2.45) is 17.8 Å². The van der Waals surface area contributed by atoms with Gasteiger partial charge >= 0.3 is 11.9 Å². The summed E-state index contributed by atoms with van der Waals surface area (Å²) in [6.07, 6.45) is 0. The molecule has 1 saturated heterocycles. The summed E-state index contributed by atoms with van der Waals surface area (Å²) >= 11 is 0. The van der Waals surface area contributed by atoms with Crippen LogP contribution < -0.4 is 0 Å². The van der Waals surface area contributed by atoms with E-state index in [1.165, 1.54) is 4.90 Å². The van der Waals surface area contributed by atoms with Crippen molar-refractivity contribution in [2.75, 3.05) is 0 Å². The number of carbonyl (C=O) groups is 3. The van der Waals surface area contributed by atoms with Crippen molar-refractivity contribution < 1.29 is 23.9 Å². The average molecular weight is 452 g/mol. The second kappa shape index (κ2) is 10.2. The van der Waals surface area contributed by atoms with Gasteiger partial charge in [-0.3, -0.25) is 9.59 Å². The van der Waals surface area contributed by atoms with E-state index in [0.717, 1.165) is 11.1 Å². The van der Waals surface area contributed by atoms with Gasteiger partial charge in [0.1, 0.15) is 19.3 Å². The molecule has 0 N–H and O–H groups in total. The van der Waals surface area contributed by atoms with Gasteiger partial charge in [0.15, 0.2) is 0 Å². The minimum Gasteiger partial charge on any atom is -0.461 e. The smallest absolute Gasteiger partial charge is 0.330 e. The third kappa shape index (κ3) is 5.62. The van der Waals surface area contributed by atoms with Gasteiger partial charge in [-0.05, 0) is 37.8 Å². The second-order valence-electron chi connectivity index (χ2n) is 9.81. The van der Waals surface area contributed by atoms with Crippen LogP contribution in [0.4, 0.5) is 0 Å². The van der Waals surface area contributed by atoms with Crippen LogP contribution >= 0.6 is 0 Å². The van der Waals surface area contributed by atoms with Gasteiger partial charge in [-0.25, -0.2) is 4.79 Å². The van der Waals surface area contributed by atoms with Crippen LogP contribution in [0, 0.1) is 17.8 Å². The lowest BCUT2D eigenvalue weighted by atomic mass is 9.82. The lowest BCUT2D eigenvalue weighted by Gasteiger charge is -2.36. The Morgan fingerprint density at radius 3 is 1.73 bits per heavy atom. The van der Waals surface area contributed by atoms with Crippen molar-refractivity contribution in [1.29, 1.82) is 0 Å². The third-order valence-corrected chi connectivity index (χ3v) is 5.93. The topological polar surface area (TPSA) is 72.9 Å². The molecule has 3 atom stereocenters.